The number of alkyl halides is 3. The average molecular weight is 486 g/mol. The summed E-state index contributed by atoms with van der Waals surface area (Å²) in [5.74, 6) is 0.0935. The molecule has 26 heavy (non-hydrogen) atoms. The smallest absolute Gasteiger partial charge is 0.406 e. The van der Waals surface area contributed by atoms with Crippen LogP contribution in [0.2, 0.25) is 0 Å². The van der Waals surface area contributed by atoms with E-state index in [-0.39, 0.29) is 29.7 Å². The number of hydrogen-bond acceptors (Lipinski definition) is 3. The van der Waals surface area contributed by atoms with Crippen LogP contribution in [0.3, 0.4) is 0 Å². The Morgan fingerprint density at radius 3 is 2.42 bits per heavy atom. The number of guanidine groups is 1. The minimum Gasteiger partial charge on any atom is -0.406 e. The standard InChI is InChI=1S/C17H25F3N4O.HI/c1-2-14(24-9-3-4-10-24)12-23-16(21)22-11-13-5-7-15(8-6-13)25-17(18,19)20;/h5-8,14H,2-4,9-12H2,1H3,(H3,21,22,23);1H. The number of nitrogens with zero attached hydrogens (tertiary/aromatic N) is 2. The SMILES string of the molecule is CCC(CNC(N)=NCc1ccc(OC(F)(F)F)cc1)N1CCCC1.I. The predicted octanol–water partition coefficient (Wildman–Crippen LogP) is 3.48. The fraction of sp³-hybridized carbons (Fsp3) is 0.588. The number of halogens is 4. The van der Waals surface area contributed by atoms with Gasteiger partial charge in [-0.25, -0.2) is 4.99 Å². The van der Waals surface area contributed by atoms with E-state index in [4.69, 9.17) is 5.73 Å². The van der Waals surface area contributed by atoms with Crippen LogP contribution in [0.25, 0.3) is 0 Å². The third-order valence-corrected chi connectivity index (χ3v) is 4.24. The molecular formula is C17H26F3IN4O. The molecule has 1 heterocycles. The van der Waals surface area contributed by atoms with Crippen molar-refractivity contribution in [2.45, 2.75) is 45.1 Å². The van der Waals surface area contributed by atoms with E-state index in [1.165, 1.54) is 37.1 Å². The number of benzene rings is 1. The van der Waals surface area contributed by atoms with E-state index in [0.29, 0.717) is 18.5 Å². The van der Waals surface area contributed by atoms with E-state index in [1.807, 2.05) is 0 Å². The van der Waals surface area contributed by atoms with Crippen LogP contribution in [0, 0.1) is 0 Å². The van der Waals surface area contributed by atoms with Crippen molar-refractivity contribution in [1.82, 2.24) is 10.2 Å². The van der Waals surface area contributed by atoms with Gasteiger partial charge in [-0.3, -0.25) is 4.90 Å². The highest BCUT2D eigenvalue weighted by Gasteiger charge is 2.30. The Bertz CT molecular complexity index is 560. The Labute approximate surface area is 169 Å². The summed E-state index contributed by atoms with van der Waals surface area (Å²) in [4.78, 5) is 6.69. The molecule has 0 radical (unpaired) electrons. The molecule has 148 valence electrons. The molecule has 1 aliphatic rings. The third kappa shape index (κ3) is 7.98. The molecule has 5 nitrogen and oxygen atoms in total. The molecule has 0 amide bonds. The number of nitrogens with two attached hydrogens (primary N) is 1. The summed E-state index contributed by atoms with van der Waals surface area (Å²) in [5.41, 5.74) is 6.64. The summed E-state index contributed by atoms with van der Waals surface area (Å²) in [6.45, 7) is 5.45. The molecule has 1 saturated heterocycles. The quantitative estimate of drug-likeness (QED) is 0.352. The summed E-state index contributed by atoms with van der Waals surface area (Å²) in [5, 5.41) is 3.14. The molecule has 1 aliphatic heterocycles. The molecule has 0 saturated carbocycles. The van der Waals surface area contributed by atoms with Crippen LogP contribution >= 0.6 is 24.0 Å². The van der Waals surface area contributed by atoms with E-state index in [9.17, 15) is 13.2 Å². The molecule has 0 spiro atoms. The highest BCUT2D eigenvalue weighted by atomic mass is 127. The maximum atomic E-state index is 12.1. The zero-order valence-corrected chi connectivity index (χ0v) is 17.1. The molecule has 9 heteroatoms. The van der Waals surface area contributed by atoms with Crippen molar-refractivity contribution >= 4 is 29.9 Å². The first kappa shape index (κ1) is 22.8. The van der Waals surface area contributed by atoms with Crippen molar-refractivity contribution in [3.05, 3.63) is 29.8 Å². The van der Waals surface area contributed by atoms with Crippen LogP contribution in [0.5, 0.6) is 5.75 Å². The number of aliphatic imine (C=N–C) groups is 1. The van der Waals surface area contributed by atoms with Crippen molar-refractivity contribution in [2.75, 3.05) is 19.6 Å². The van der Waals surface area contributed by atoms with Crippen LogP contribution in [0.1, 0.15) is 31.7 Å². The molecule has 0 bridgehead atoms. The second kappa shape index (κ2) is 10.8. The van der Waals surface area contributed by atoms with Crippen molar-refractivity contribution in [2.24, 2.45) is 10.7 Å². The van der Waals surface area contributed by atoms with E-state index in [1.54, 1.807) is 0 Å². The molecule has 3 N–H and O–H groups in total. The second-order valence-electron chi connectivity index (χ2n) is 6.08. The first-order chi connectivity index (χ1) is 11.9. The predicted molar refractivity (Wildman–Crippen MR) is 107 cm³/mol. The van der Waals surface area contributed by atoms with Crippen molar-refractivity contribution in [3.8, 4) is 5.75 Å². The lowest BCUT2D eigenvalue weighted by Crippen LogP contribution is -2.44. The molecule has 1 unspecified atom stereocenters. The lowest BCUT2D eigenvalue weighted by atomic mass is 10.2. The number of ether oxygens (including phenoxy) is 1. The van der Waals surface area contributed by atoms with Gasteiger partial charge in [-0.15, -0.1) is 37.1 Å². The Morgan fingerprint density at radius 2 is 1.88 bits per heavy atom. The third-order valence-electron chi connectivity index (χ3n) is 4.24. The highest BCUT2D eigenvalue weighted by Crippen LogP contribution is 2.22. The van der Waals surface area contributed by atoms with Gasteiger partial charge in [-0.1, -0.05) is 19.1 Å². The molecule has 1 atom stereocenters. The van der Waals surface area contributed by atoms with Gasteiger partial charge >= 0.3 is 6.36 Å². The van der Waals surface area contributed by atoms with Crippen LogP contribution in [0.15, 0.2) is 29.3 Å². The maximum absolute atomic E-state index is 12.1. The fourth-order valence-electron chi connectivity index (χ4n) is 2.89. The van der Waals surface area contributed by atoms with Crippen LogP contribution in [-0.4, -0.2) is 42.9 Å². The fourth-order valence-corrected chi connectivity index (χ4v) is 2.89. The summed E-state index contributed by atoms with van der Waals surface area (Å²) in [6.07, 6.45) is -1.15. The topological polar surface area (TPSA) is 62.9 Å². The van der Waals surface area contributed by atoms with Crippen molar-refractivity contribution < 1.29 is 17.9 Å². The molecular weight excluding hydrogens is 460 g/mol. The van der Waals surface area contributed by atoms with E-state index >= 15 is 0 Å². The molecule has 1 fully saturated rings. The Balaban J connectivity index is 0.00000338. The molecule has 1 aromatic carbocycles. The number of nitrogens with one attached hydrogen (secondary N) is 1. The highest BCUT2D eigenvalue weighted by molar-refractivity contribution is 14.0. The van der Waals surface area contributed by atoms with Crippen molar-refractivity contribution in [3.63, 3.8) is 0 Å². The zero-order chi connectivity index (χ0) is 18.3. The lowest BCUT2D eigenvalue weighted by molar-refractivity contribution is -0.274. The lowest BCUT2D eigenvalue weighted by Gasteiger charge is -2.26. The molecule has 1 aromatic rings. The number of hydrogen-bond donors (Lipinski definition) is 2. The minimum atomic E-state index is -4.68. The van der Waals surface area contributed by atoms with Crippen LogP contribution in [0.4, 0.5) is 13.2 Å². The summed E-state index contributed by atoms with van der Waals surface area (Å²) in [6, 6.07) is 6.05. The van der Waals surface area contributed by atoms with Gasteiger partial charge < -0.3 is 15.8 Å². The van der Waals surface area contributed by atoms with Gasteiger partial charge in [0.05, 0.1) is 6.54 Å². The number of rotatable bonds is 7. The largest absolute Gasteiger partial charge is 0.573 e. The van der Waals surface area contributed by atoms with E-state index in [0.717, 1.165) is 31.6 Å². The molecule has 2 rings (SSSR count). The van der Waals surface area contributed by atoms with Crippen LogP contribution < -0.4 is 15.8 Å². The Hall–Kier alpha value is -1.23. The van der Waals surface area contributed by atoms with E-state index < -0.39 is 6.36 Å². The average Bonchev–Trinajstić information content (AvgIpc) is 3.08. The van der Waals surface area contributed by atoms with Gasteiger partial charge in [0.2, 0.25) is 0 Å². The number of likely N-dealkylation sites (tertiary alicyclic amines) is 1. The Morgan fingerprint density at radius 1 is 1.27 bits per heavy atom. The van der Waals surface area contributed by atoms with Gasteiger partial charge in [-0.05, 0) is 50.0 Å². The summed E-state index contributed by atoms with van der Waals surface area (Å²) < 4.78 is 40.2. The second-order valence-corrected chi connectivity index (χ2v) is 6.08. The first-order valence-corrected chi connectivity index (χ1v) is 8.50. The zero-order valence-electron chi connectivity index (χ0n) is 14.8. The Kier molecular flexibility index (Phi) is 9.48. The van der Waals surface area contributed by atoms with Gasteiger partial charge in [0.15, 0.2) is 5.96 Å². The normalized spacial score (nSPS) is 16.8. The van der Waals surface area contributed by atoms with Crippen LogP contribution in [-0.2, 0) is 6.54 Å². The van der Waals surface area contributed by atoms with Gasteiger partial charge in [0.1, 0.15) is 5.75 Å². The summed E-state index contributed by atoms with van der Waals surface area (Å²) >= 11 is 0. The molecule has 0 aromatic heterocycles. The van der Waals surface area contributed by atoms with E-state index in [2.05, 4.69) is 26.9 Å². The van der Waals surface area contributed by atoms with Gasteiger partial charge in [-0.2, -0.15) is 0 Å². The van der Waals surface area contributed by atoms with Crippen molar-refractivity contribution in [1.29, 1.82) is 0 Å². The van der Waals surface area contributed by atoms with Gasteiger partial charge in [0.25, 0.3) is 0 Å². The first-order valence-electron chi connectivity index (χ1n) is 8.50. The summed E-state index contributed by atoms with van der Waals surface area (Å²) in [7, 11) is 0. The maximum Gasteiger partial charge on any atom is 0.573 e. The van der Waals surface area contributed by atoms with Gasteiger partial charge in [0, 0.05) is 12.6 Å². The minimum absolute atomic E-state index is 0. The monoisotopic (exact) mass is 486 g/mol. The molecule has 0 aliphatic carbocycles.